The molecule has 1 atom stereocenters. The summed E-state index contributed by atoms with van der Waals surface area (Å²) in [5.41, 5.74) is 1.03. The minimum absolute atomic E-state index is 0.0733. The van der Waals surface area contributed by atoms with Crippen molar-refractivity contribution in [3.8, 4) is 0 Å². The zero-order chi connectivity index (χ0) is 17.7. The summed E-state index contributed by atoms with van der Waals surface area (Å²) < 4.78 is 31.4. The van der Waals surface area contributed by atoms with Crippen molar-refractivity contribution in [1.29, 1.82) is 0 Å². The Morgan fingerprint density at radius 3 is 2.67 bits per heavy atom. The van der Waals surface area contributed by atoms with Gasteiger partial charge in [-0.3, -0.25) is 10.1 Å². The summed E-state index contributed by atoms with van der Waals surface area (Å²) in [6, 6.07) is 8.25. The monoisotopic (exact) mass is 351 g/mol. The zero-order valence-electron chi connectivity index (χ0n) is 13.8. The van der Waals surface area contributed by atoms with E-state index in [9.17, 15) is 13.2 Å². The number of hydrogen-bond donors (Lipinski definition) is 3. The van der Waals surface area contributed by atoms with E-state index in [-0.39, 0.29) is 23.4 Å². The predicted molar refractivity (Wildman–Crippen MR) is 91.2 cm³/mol. The highest BCUT2D eigenvalue weighted by atomic mass is 32.2. The average molecular weight is 351 g/mol. The number of amides is 1. The summed E-state index contributed by atoms with van der Waals surface area (Å²) in [5, 5.41) is 5.72. The molecule has 7 nitrogen and oxygen atoms in total. The van der Waals surface area contributed by atoms with Gasteiger partial charge in [0.2, 0.25) is 15.9 Å². The van der Waals surface area contributed by atoms with Crippen molar-refractivity contribution in [3.63, 3.8) is 0 Å². The second-order valence-corrected chi connectivity index (χ2v) is 7.21. The number of sulfonamides is 1. The molecule has 1 aromatic heterocycles. The summed E-state index contributed by atoms with van der Waals surface area (Å²) in [6.07, 6.45) is 1.57. The lowest BCUT2D eigenvalue weighted by molar-refractivity contribution is -0.115. The Kier molecular flexibility index (Phi) is 5.76. The fourth-order valence-corrected chi connectivity index (χ4v) is 3.16. The van der Waals surface area contributed by atoms with Crippen molar-refractivity contribution in [2.45, 2.75) is 24.8 Å². The van der Waals surface area contributed by atoms with Gasteiger partial charge in [0, 0.05) is 5.69 Å². The lowest BCUT2D eigenvalue weighted by Crippen LogP contribution is -2.30. The van der Waals surface area contributed by atoms with Crippen LogP contribution < -0.4 is 15.4 Å². The van der Waals surface area contributed by atoms with Crippen LogP contribution in [0.25, 0.3) is 0 Å². The minimum atomic E-state index is -3.57. The highest BCUT2D eigenvalue weighted by Gasteiger charge is 2.16. The van der Waals surface area contributed by atoms with Gasteiger partial charge >= 0.3 is 0 Å². The van der Waals surface area contributed by atoms with Crippen LogP contribution in [0, 0.1) is 6.92 Å². The Morgan fingerprint density at radius 1 is 1.29 bits per heavy atom. The Labute approximate surface area is 141 Å². The molecule has 1 aromatic carbocycles. The first kappa shape index (κ1) is 18.2. The van der Waals surface area contributed by atoms with Crippen molar-refractivity contribution in [2.24, 2.45) is 0 Å². The number of hydrogen-bond acceptors (Lipinski definition) is 5. The van der Waals surface area contributed by atoms with E-state index < -0.39 is 10.0 Å². The average Bonchev–Trinajstić information content (AvgIpc) is 3.09. The quantitative estimate of drug-likeness (QED) is 0.706. The molecule has 1 amide bonds. The molecule has 0 unspecified atom stereocenters. The molecule has 2 aromatic rings. The van der Waals surface area contributed by atoms with Crippen molar-refractivity contribution in [1.82, 2.24) is 10.0 Å². The van der Waals surface area contributed by atoms with Gasteiger partial charge in [0.15, 0.2) is 0 Å². The van der Waals surface area contributed by atoms with Gasteiger partial charge in [0.1, 0.15) is 5.76 Å². The van der Waals surface area contributed by atoms with Crippen molar-refractivity contribution >= 4 is 21.6 Å². The summed E-state index contributed by atoms with van der Waals surface area (Å²) in [5.74, 6) is 0.464. The van der Waals surface area contributed by atoms with Gasteiger partial charge in [-0.15, -0.1) is 0 Å². The smallest absolute Gasteiger partial charge is 0.240 e. The lowest BCUT2D eigenvalue weighted by atomic mass is 10.2. The first-order chi connectivity index (χ1) is 11.3. The molecule has 0 aliphatic carbocycles. The van der Waals surface area contributed by atoms with Crippen molar-refractivity contribution < 1.29 is 17.6 Å². The van der Waals surface area contributed by atoms with Crippen LogP contribution in [0.1, 0.15) is 24.3 Å². The van der Waals surface area contributed by atoms with Crippen molar-refractivity contribution in [3.05, 3.63) is 47.9 Å². The van der Waals surface area contributed by atoms with Crippen LogP contribution in [0.2, 0.25) is 0 Å². The Bertz CT molecular complexity index is 801. The van der Waals surface area contributed by atoms with Gasteiger partial charge in [0.25, 0.3) is 0 Å². The van der Waals surface area contributed by atoms with E-state index in [2.05, 4.69) is 15.4 Å². The first-order valence-electron chi connectivity index (χ1n) is 7.44. The largest absolute Gasteiger partial charge is 0.468 e. The van der Waals surface area contributed by atoms with Crippen LogP contribution in [0.4, 0.5) is 5.69 Å². The normalized spacial score (nSPS) is 12.8. The second-order valence-electron chi connectivity index (χ2n) is 5.35. The fraction of sp³-hybridized carbons (Fsp3) is 0.312. The highest BCUT2D eigenvalue weighted by molar-refractivity contribution is 7.89. The summed E-state index contributed by atoms with van der Waals surface area (Å²) in [6.45, 7) is 3.65. The Balaban J connectivity index is 2.00. The molecular weight excluding hydrogens is 330 g/mol. The molecule has 1 heterocycles. The number of carbonyl (C=O) groups excluding carboxylic acids is 1. The number of nitrogens with one attached hydrogen (secondary N) is 3. The molecule has 0 saturated carbocycles. The molecule has 0 radical (unpaired) electrons. The SMILES string of the molecule is CNS(=O)(=O)c1cc(NC(=O)CN[C@H](C)c2ccco2)ccc1C. The Hall–Kier alpha value is -2.16. The molecule has 0 spiro atoms. The third-order valence-electron chi connectivity index (χ3n) is 3.57. The summed E-state index contributed by atoms with van der Waals surface area (Å²) in [4.78, 5) is 12.2. The van der Waals surface area contributed by atoms with Crippen LogP contribution in [0.3, 0.4) is 0 Å². The van der Waals surface area contributed by atoms with E-state index in [0.717, 1.165) is 5.76 Å². The molecule has 0 aliphatic heterocycles. The molecule has 0 bridgehead atoms. The van der Waals surface area contributed by atoms with Crippen LogP contribution in [0.5, 0.6) is 0 Å². The zero-order valence-corrected chi connectivity index (χ0v) is 14.6. The molecule has 0 aliphatic rings. The van der Waals surface area contributed by atoms with Gasteiger partial charge in [-0.1, -0.05) is 6.07 Å². The van der Waals surface area contributed by atoms with E-state index in [0.29, 0.717) is 11.3 Å². The molecule has 8 heteroatoms. The van der Waals surface area contributed by atoms with Crippen molar-refractivity contribution in [2.75, 3.05) is 18.9 Å². The third-order valence-corrected chi connectivity index (χ3v) is 5.13. The number of rotatable bonds is 7. The van der Waals surface area contributed by atoms with Crippen LogP contribution in [-0.4, -0.2) is 27.9 Å². The lowest BCUT2D eigenvalue weighted by Gasteiger charge is -2.13. The minimum Gasteiger partial charge on any atom is -0.468 e. The molecule has 130 valence electrons. The molecule has 3 N–H and O–H groups in total. The maximum atomic E-state index is 12.0. The standard InChI is InChI=1S/C16H21N3O4S/c1-11-6-7-13(9-15(11)24(21,22)17-3)19-16(20)10-18-12(2)14-5-4-8-23-14/h4-9,12,17-18H,10H2,1-3H3,(H,19,20)/t12-/m1/s1. The summed E-state index contributed by atoms with van der Waals surface area (Å²) in [7, 11) is -2.22. The van der Waals surface area contributed by atoms with Crippen LogP contribution >= 0.6 is 0 Å². The molecule has 0 fully saturated rings. The van der Waals surface area contributed by atoms with E-state index in [4.69, 9.17) is 4.42 Å². The van der Waals surface area contributed by atoms with E-state index in [1.54, 1.807) is 31.4 Å². The maximum Gasteiger partial charge on any atom is 0.240 e. The van der Waals surface area contributed by atoms with E-state index in [1.165, 1.54) is 13.1 Å². The van der Waals surface area contributed by atoms with Gasteiger partial charge in [-0.25, -0.2) is 13.1 Å². The van der Waals surface area contributed by atoms with E-state index >= 15 is 0 Å². The van der Waals surface area contributed by atoms with Gasteiger partial charge in [-0.2, -0.15) is 0 Å². The van der Waals surface area contributed by atoms with E-state index in [1.807, 2.05) is 13.0 Å². The van der Waals surface area contributed by atoms with Gasteiger partial charge in [0.05, 0.1) is 23.7 Å². The number of aryl methyl sites for hydroxylation is 1. The van der Waals surface area contributed by atoms with Crippen LogP contribution in [0.15, 0.2) is 45.9 Å². The third kappa shape index (κ3) is 4.44. The number of furan rings is 1. The summed E-state index contributed by atoms with van der Waals surface area (Å²) >= 11 is 0. The molecule has 0 saturated heterocycles. The second kappa shape index (κ2) is 7.61. The number of carbonyl (C=O) groups is 1. The fourth-order valence-electron chi connectivity index (χ4n) is 2.17. The Morgan fingerprint density at radius 2 is 2.04 bits per heavy atom. The highest BCUT2D eigenvalue weighted by Crippen LogP contribution is 2.20. The van der Waals surface area contributed by atoms with Gasteiger partial charge in [-0.05, 0) is 50.7 Å². The molecule has 2 rings (SSSR count). The van der Waals surface area contributed by atoms with Gasteiger partial charge < -0.3 is 9.73 Å². The predicted octanol–water partition coefficient (Wildman–Crippen LogP) is 1.79. The maximum absolute atomic E-state index is 12.0. The van der Waals surface area contributed by atoms with Crippen LogP contribution in [-0.2, 0) is 14.8 Å². The number of benzene rings is 1. The molecular formula is C16H21N3O4S. The first-order valence-corrected chi connectivity index (χ1v) is 8.92. The topological polar surface area (TPSA) is 100 Å². The molecule has 24 heavy (non-hydrogen) atoms. The number of anilines is 1.